The van der Waals surface area contributed by atoms with Gasteiger partial charge in [0.1, 0.15) is 5.82 Å². The first-order valence-corrected chi connectivity index (χ1v) is 6.44. The normalized spacial score (nSPS) is 16.7. The average molecular weight is 252 g/mol. The van der Waals surface area contributed by atoms with Crippen molar-refractivity contribution in [2.45, 2.75) is 31.8 Å². The van der Waals surface area contributed by atoms with Gasteiger partial charge in [-0.2, -0.15) is 0 Å². The molecular weight excluding hydrogens is 231 g/mol. The second-order valence-corrected chi connectivity index (χ2v) is 4.88. The summed E-state index contributed by atoms with van der Waals surface area (Å²) in [5, 5.41) is 0. The molecule has 1 aromatic carbocycles. The van der Waals surface area contributed by atoms with Crippen LogP contribution in [0.1, 0.15) is 31.4 Å². The largest absolute Gasteiger partial charge is 0.383 e. The number of nitrogens with zero attached hydrogens (tertiary/aromatic N) is 1. The minimum atomic E-state index is -0.301. The van der Waals surface area contributed by atoms with E-state index >= 15 is 0 Å². The first-order chi connectivity index (χ1) is 8.65. The van der Waals surface area contributed by atoms with Crippen LogP contribution in [0.15, 0.2) is 18.2 Å². The van der Waals surface area contributed by atoms with Crippen LogP contribution in [0.25, 0.3) is 0 Å². The number of halogens is 1. The second-order valence-electron chi connectivity index (χ2n) is 4.88. The summed E-state index contributed by atoms with van der Waals surface area (Å²) < 4.78 is 19.1. The predicted octanol–water partition coefficient (Wildman–Crippen LogP) is 2.46. The minimum absolute atomic E-state index is 0.217. The maximum atomic E-state index is 13.9. The lowest BCUT2D eigenvalue weighted by atomic mass is 10.0. The molecule has 0 saturated heterocycles. The van der Waals surface area contributed by atoms with Crippen molar-refractivity contribution in [3.63, 3.8) is 0 Å². The first kappa shape index (κ1) is 13.3. The van der Waals surface area contributed by atoms with E-state index in [0.29, 0.717) is 18.2 Å². The Balaban J connectivity index is 2.31. The van der Waals surface area contributed by atoms with E-state index < -0.39 is 0 Å². The van der Waals surface area contributed by atoms with Crippen molar-refractivity contribution in [2.75, 3.05) is 25.2 Å². The molecule has 100 valence electrons. The Morgan fingerprint density at radius 2 is 2.22 bits per heavy atom. The van der Waals surface area contributed by atoms with E-state index in [4.69, 9.17) is 10.5 Å². The van der Waals surface area contributed by atoms with E-state index in [1.54, 1.807) is 13.2 Å². The highest BCUT2D eigenvalue weighted by Crippen LogP contribution is 2.36. The van der Waals surface area contributed by atoms with Gasteiger partial charge in [-0.3, -0.25) is 0 Å². The maximum Gasteiger partial charge on any atom is 0.130 e. The smallest absolute Gasteiger partial charge is 0.130 e. The number of benzene rings is 1. The molecule has 0 aromatic heterocycles. The first-order valence-electron chi connectivity index (χ1n) is 6.44. The van der Waals surface area contributed by atoms with Crippen LogP contribution < -0.4 is 10.6 Å². The number of anilines is 1. The Bertz CT molecular complexity index is 405. The Hall–Kier alpha value is -1.13. The summed E-state index contributed by atoms with van der Waals surface area (Å²) >= 11 is 0. The van der Waals surface area contributed by atoms with Gasteiger partial charge < -0.3 is 15.4 Å². The molecule has 1 aliphatic carbocycles. The van der Waals surface area contributed by atoms with E-state index in [1.807, 2.05) is 13.0 Å². The van der Waals surface area contributed by atoms with Crippen LogP contribution in [0.2, 0.25) is 0 Å². The molecule has 0 heterocycles. The zero-order valence-corrected chi connectivity index (χ0v) is 11.0. The van der Waals surface area contributed by atoms with Crippen LogP contribution in [-0.2, 0) is 4.74 Å². The monoisotopic (exact) mass is 252 g/mol. The highest BCUT2D eigenvalue weighted by Gasteiger charge is 2.31. The molecule has 2 rings (SSSR count). The molecule has 0 spiro atoms. The number of nitrogens with two attached hydrogens (primary N) is 1. The Morgan fingerprint density at radius 3 is 2.78 bits per heavy atom. The molecule has 18 heavy (non-hydrogen) atoms. The van der Waals surface area contributed by atoms with Gasteiger partial charge in [0.2, 0.25) is 0 Å². The second kappa shape index (κ2) is 5.67. The summed E-state index contributed by atoms with van der Waals surface area (Å²) in [6, 6.07) is 5.39. The van der Waals surface area contributed by atoms with Gasteiger partial charge in [-0.05, 0) is 31.9 Å². The number of ether oxygens (including phenoxy) is 1. The summed E-state index contributed by atoms with van der Waals surface area (Å²) in [5.41, 5.74) is 7.44. The van der Waals surface area contributed by atoms with Crippen molar-refractivity contribution in [1.29, 1.82) is 0 Å². The van der Waals surface area contributed by atoms with Crippen molar-refractivity contribution in [3.05, 3.63) is 29.6 Å². The number of methoxy groups -OCH3 is 1. The molecule has 0 bridgehead atoms. The summed E-state index contributed by atoms with van der Waals surface area (Å²) in [6.45, 7) is 3.25. The zero-order chi connectivity index (χ0) is 13.1. The van der Waals surface area contributed by atoms with Crippen molar-refractivity contribution < 1.29 is 9.13 Å². The Kier molecular flexibility index (Phi) is 4.19. The lowest BCUT2D eigenvalue weighted by molar-refractivity contribution is 0.205. The van der Waals surface area contributed by atoms with Crippen LogP contribution in [-0.4, -0.2) is 26.3 Å². The van der Waals surface area contributed by atoms with Crippen LogP contribution in [0, 0.1) is 5.82 Å². The van der Waals surface area contributed by atoms with E-state index in [1.165, 1.54) is 18.9 Å². The van der Waals surface area contributed by atoms with Crippen molar-refractivity contribution in [1.82, 2.24) is 0 Å². The van der Waals surface area contributed by atoms with Crippen molar-refractivity contribution in [2.24, 2.45) is 5.73 Å². The molecule has 1 aliphatic rings. The highest BCUT2D eigenvalue weighted by molar-refractivity contribution is 5.57. The predicted molar refractivity (Wildman–Crippen MR) is 71.2 cm³/mol. The fourth-order valence-electron chi connectivity index (χ4n) is 2.30. The standard InChI is InChI=1S/C14H21FN2O/c1-10(16)14-12(15)4-3-5-13(14)17(8-9-18-2)11-6-7-11/h3-5,10-11H,6-9,16H2,1-2H3. The average Bonchev–Trinajstić information content (AvgIpc) is 3.13. The van der Waals surface area contributed by atoms with Gasteiger partial charge in [-0.25, -0.2) is 4.39 Å². The molecule has 0 amide bonds. The molecule has 1 unspecified atom stereocenters. The zero-order valence-electron chi connectivity index (χ0n) is 11.0. The molecule has 2 N–H and O–H groups in total. The van der Waals surface area contributed by atoms with E-state index in [2.05, 4.69) is 4.90 Å². The molecule has 1 saturated carbocycles. The third kappa shape index (κ3) is 2.82. The van der Waals surface area contributed by atoms with Crippen LogP contribution >= 0.6 is 0 Å². The molecule has 0 aliphatic heterocycles. The number of hydrogen-bond donors (Lipinski definition) is 1. The molecule has 0 radical (unpaired) electrons. The fraction of sp³-hybridized carbons (Fsp3) is 0.571. The maximum absolute atomic E-state index is 13.9. The molecule has 1 atom stereocenters. The molecule has 3 nitrogen and oxygen atoms in total. The van der Waals surface area contributed by atoms with Gasteiger partial charge in [0, 0.05) is 37.0 Å². The van der Waals surface area contributed by atoms with Crippen LogP contribution in [0.3, 0.4) is 0 Å². The van der Waals surface area contributed by atoms with Crippen LogP contribution in [0.4, 0.5) is 10.1 Å². The van der Waals surface area contributed by atoms with Gasteiger partial charge in [-0.15, -0.1) is 0 Å². The molecular formula is C14H21FN2O. The molecule has 1 aromatic rings. The SMILES string of the molecule is COCCN(c1cccc(F)c1C(C)N)C1CC1. The van der Waals surface area contributed by atoms with Gasteiger partial charge in [-0.1, -0.05) is 6.07 Å². The number of rotatable bonds is 6. The van der Waals surface area contributed by atoms with E-state index in [-0.39, 0.29) is 11.9 Å². The van der Waals surface area contributed by atoms with E-state index in [9.17, 15) is 4.39 Å². The van der Waals surface area contributed by atoms with Crippen molar-refractivity contribution in [3.8, 4) is 0 Å². The minimum Gasteiger partial charge on any atom is -0.383 e. The summed E-state index contributed by atoms with van der Waals surface area (Å²) in [6.07, 6.45) is 2.33. The number of hydrogen-bond acceptors (Lipinski definition) is 3. The quantitative estimate of drug-likeness (QED) is 0.845. The van der Waals surface area contributed by atoms with Gasteiger partial charge in [0.25, 0.3) is 0 Å². The van der Waals surface area contributed by atoms with Gasteiger partial charge in [0.05, 0.1) is 6.61 Å². The Morgan fingerprint density at radius 1 is 1.50 bits per heavy atom. The fourth-order valence-corrected chi connectivity index (χ4v) is 2.30. The summed E-state index contributed by atoms with van der Waals surface area (Å²) in [5.74, 6) is -0.217. The lowest BCUT2D eigenvalue weighted by Crippen LogP contribution is -2.31. The third-order valence-corrected chi connectivity index (χ3v) is 3.32. The Labute approximate surface area is 108 Å². The molecule has 1 fully saturated rings. The molecule has 4 heteroatoms. The lowest BCUT2D eigenvalue weighted by Gasteiger charge is -2.28. The van der Waals surface area contributed by atoms with E-state index in [0.717, 1.165) is 12.2 Å². The summed E-state index contributed by atoms with van der Waals surface area (Å²) in [4.78, 5) is 2.23. The van der Waals surface area contributed by atoms with Crippen LogP contribution in [0.5, 0.6) is 0 Å². The van der Waals surface area contributed by atoms with Gasteiger partial charge in [0.15, 0.2) is 0 Å². The highest BCUT2D eigenvalue weighted by atomic mass is 19.1. The summed E-state index contributed by atoms with van der Waals surface area (Å²) in [7, 11) is 1.68. The van der Waals surface area contributed by atoms with Gasteiger partial charge >= 0.3 is 0 Å². The topological polar surface area (TPSA) is 38.5 Å². The van der Waals surface area contributed by atoms with Crippen molar-refractivity contribution >= 4 is 5.69 Å². The third-order valence-electron chi connectivity index (χ3n) is 3.32.